The van der Waals surface area contributed by atoms with Gasteiger partial charge >= 0.3 is 5.97 Å². The third-order valence-corrected chi connectivity index (χ3v) is 3.18. The molecule has 0 bridgehead atoms. The number of carboxylic acids is 1. The average Bonchev–Trinajstić information content (AvgIpc) is 2.47. The number of hydrogen-bond acceptors (Lipinski definition) is 3. The van der Waals surface area contributed by atoms with Gasteiger partial charge in [-0.05, 0) is 35.9 Å². The molecule has 0 aromatic heterocycles. The molecule has 0 amide bonds. The van der Waals surface area contributed by atoms with Gasteiger partial charge in [0.25, 0.3) is 0 Å². The number of aromatic carboxylic acids is 1. The van der Waals surface area contributed by atoms with Gasteiger partial charge in [-0.25, -0.2) is 4.79 Å². The number of hydrogen-bond donors (Lipinski definition) is 1. The Kier molecular flexibility index (Phi) is 5.20. The van der Waals surface area contributed by atoms with E-state index in [4.69, 9.17) is 26.2 Å². The van der Waals surface area contributed by atoms with E-state index < -0.39 is 5.97 Å². The van der Waals surface area contributed by atoms with Gasteiger partial charge in [0, 0.05) is 10.6 Å². The molecule has 21 heavy (non-hydrogen) atoms. The molecule has 1 N–H and O–H groups in total. The first-order valence-corrected chi connectivity index (χ1v) is 6.70. The van der Waals surface area contributed by atoms with Crippen LogP contribution in [0.25, 0.3) is 0 Å². The van der Waals surface area contributed by atoms with Crippen LogP contribution in [0.5, 0.6) is 5.75 Å². The van der Waals surface area contributed by atoms with E-state index in [2.05, 4.69) is 0 Å². The molecule has 0 spiro atoms. The topological polar surface area (TPSA) is 55.8 Å². The number of carboxylic acid groups (broad SMARTS) is 1. The molecule has 2 aromatic carbocycles. The Labute approximate surface area is 127 Å². The SMILES string of the molecule is COc1ccc(C(=O)O)cc1COCc1cccc(Cl)c1. The zero-order valence-electron chi connectivity index (χ0n) is 11.5. The van der Waals surface area contributed by atoms with Crippen molar-refractivity contribution in [2.24, 2.45) is 0 Å². The maximum atomic E-state index is 11.0. The van der Waals surface area contributed by atoms with E-state index in [1.807, 2.05) is 18.2 Å². The van der Waals surface area contributed by atoms with E-state index in [-0.39, 0.29) is 12.2 Å². The highest BCUT2D eigenvalue weighted by Crippen LogP contribution is 2.21. The molecule has 110 valence electrons. The highest BCUT2D eigenvalue weighted by atomic mass is 35.5. The molecule has 0 aliphatic heterocycles. The third-order valence-electron chi connectivity index (χ3n) is 2.94. The molecule has 5 heteroatoms. The molecule has 0 fully saturated rings. The largest absolute Gasteiger partial charge is 0.496 e. The van der Waals surface area contributed by atoms with Crippen molar-refractivity contribution in [1.29, 1.82) is 0 Å². The molecule has 0 aliphatic carbocycles. The van der Waals surface area contributed by atoms with Gasteiger partial charge in [-0.3, -0.25) is 0 Å². The zero-order chi connectivity index (χ0) is 15.2. The second-order valence-corrected chi connectivity index (χ2v) is 4.89. The quantitative estimate of drug-likeness (QED) is 0.882. The minimum atomic E-state index is -0.978. The molecular formula is C16H15ClO4. The van der Waals surface area contributed by atoms with E-state index in [0.29, 0.717) is 22.9 Å². The summed E-state index contributed by atoms with van der Waals surface area (Å²) < 4.78 is 10.8. The lowest BCUT2D eigenvalue weighted by atomic mass is 10.1. The fourth-order valence-corrected chi connectivity index (χ4v) is 2.14. The summed E-state index contributed by atoms with van der Waals surface area (Å²) in [4.78, 5) is 11.0. The Morgan fingerprint density at radius 1 is 1.19 bits per heavy atom. The number of halogens is 1. The summed E-state index contributed by atoms with van der Waals surface area (Å²) in [6.07, 6.45) is 0. The number of rotatable bonds is 6. The third kappa shape index (κ3) is 4.21. The minimum Gasteiger partial charge on any atom is -0.496 e. The maximum absolute atomic E-state index is 11.0. The Balaban J connectivity index is 2.05. The summed E-state index contributed by atoms with van der Waals surface area (Å²) in [6, 6.07) is 12.1. The standard InChI is InChI=1S/C16H15ClO4/c1-20-15-6-5-12(16(18)19)8-13(15)10-21-9-11-3-2-4-14(17)7-11/h2-8H,9-10H2,1H3,(H,18,19). The predicted molar refractivity (Wildman–Crippen MR) is 79.9 cm³/mol. The van der Waals surface area contributed by atoms with Crippen LogP contribution in [0.3, 0.4) is 0 Å². The van der Waals surface area contributed by atoms with Crippen LogP contribution in [0.2, 0.25) is 5.02 Å². The first-order valence-electron chi connectivity index (χ1n) is 6.32. The Morgan fingerprint density at radius 2 is 2.00 bits per heavy atom. The molecule has 2 rings (SSSR count). The maximum Gasteiger partial charge on any atom is 0.335 e. The first-order chi connectivity index (χ1) is 10.1. The number of benzene rings is 2. The Morgan fingerprint density at radius 3 is 2.67 bits per heavy atom. The molecule has 0 heterocycles. The van der Waals surface area contributed by atoms with Crippen LogP contribution in [0, 0.1) is 0 Å². The smallest absolute Gasteiger partial charge is 0.335 e. The van der Waals surface area contributed by atoms with Gasteiger partial charge in [0.1, 0.15) is 5.75 Å². The molecule has 0 saturated carbocycles. The number of carbonyl (C=O) groups is 1. The summed E-state index contributed by atoms with van der Waals surface area (Å²) in [6.45, 7) is 0.651. The second kappa shape index (κ2) is 7.11. The lowest BCUT2D eigenvalue weighted by Gasteiger charge is -2.10. The fraction of sp³-hybridized carbons (Fsp3) is 0.188. The van der Waals surface area contributed by atoms with Gasteiger partial charge in [-0.2, -0.15) is 0 Å². The van der Waals surface area contributed by atoms with Crippen molar-refractivity contribution >= 4 is 17.6 Å². The van der Waals surface area contributed by atoms with Crippen LogP contribution in [0.4, 0.5) is 0 Å². The predicted octanol–water partition coefficient (Wildman–Crippen LogP) is 3.76. The molecule has 2 aromatic rings. The van der Waals surface area contributed by atoms with Gasteiger partial charge in [0.15, 0.2) is 0 Å². The van der Waals surface area contributed by atoms with E-state index >= 15 is 0 Å². The van der Waals surface area contributed by atoms with Crippen LogP contribution in [-0.2, 0) is 18.0 Å². The van der Waals surface area contributed by atoms with E-state index in [0.717, 1.165) is 5.56 Å². The van der Waals surface area contributed by atoms with Crippen molar-refractivity contribution in [2.45, 2.75) is 13.2 Å². The van der Waals surface area contributed by atoms with Crippen molar-refractivity contribution in [3.8, 4) is 5.75 Å². The van der Waals surface area contributed by atoms with Crippen LogP contribution in [0.15, 0.2) is 42.5 Å². The van der Waals surface area contributed by atoms with Crippen molar-refractivity contribution in [3.05, 3.63) is 64.2 Å². The van der Waals surface area contributed by atoms with Crippen LogP contribution < -0.4 is 4.74 Å². The minimum absolute atomic E-state index is 0.206. The zero-order valence-corrected chi connectivity index (χ0v) is 12.3. The van der Waals surface area contributed by atoms with Crippen LogP contribution in [0.1, 0.15) is 21.5 Å². The highest BCUT2D eigenvalue weighted by molar-refractivity contribution is 6.30. The van der Waals surface area contributed by atoms with Gasteiger partial charge in [0.05, 0.1) is 25.9 Å². The summed E-state index contributed by atoms with van der Waals surface area (Å²) in [5, 5.41) is 9.66. The average molecular weight is 307 g/mol. The van der Waals surface area contributed by atoms with Crippen molar-refractivity contribution in [1.82, 2.24) is 0 Å². The molecule has 4 nitrogen and oxygen atoms in total. The Hall–Kier alpha value is -2.04. The van der Waals surface area contributed by atoms with Crippen LogP contribution in [-0.4, -0.2) is 18.2 Å². The van der Waals surface area contributed by atoms with Gasteiger partial charge in [-0.1, -0.05) is 23.7 Å². The van der Waals surface area contributed by atoms with Gasteiger partial charge in [-0.15, -0.1) is 0 Å². The van der Waals surface area contributed by atoms with Crippen molar-refractivity contribution < 1.29 is 19.4 Å². The fourth-order valence-electron chi connectivity index (χ4n) is 1.93. The van der Waals surface area contributed by atoms with Gasteiger partial charge in [0.2, 0.25) is 0 Å². The summed E-state index contributed by atoms with van der Waals surface area (Å²) in [5.41, 5.74) is 1.85. The normalized spacial score (nSPS) is 10.4. The van der Waals surface area contributed by atoms with Crippen LogP contribution >= 0.6 is 11.6 Å². The molecular weight excluding hydrogens is 292 g/mol. The molecule has 0 unspecified atom stereocenters. The lowest BCUT2D eigenvalue weighted by Crippen LogP contribution is -2.02. The summed E-state index contributed by atoms with van der Waals surface area (Å²) in [5.74, 6) is -0.375. The molecule has 0 saturated heterocycles. The Bertz CT molecular complexity index is 640. The van der Waals surface area contributed by atoms with E-state index in [1.165, 1.54) is 13.2 Å². The molecule has 0 radical (unpaired) electrons. The summed E-state index contributed by atoms with van der Waals surface area (Å²) >= 11 is 5.90. The monoisotopic (exact) mass is 306 g/mol. The summed E-state index contributed by atoms with van der Waals surface area (Å²) in [7, 11) is 1.54. The molecule has 0 aliphatic rings. The van der Waals surface area contributed by atoms with Crippen molar-refractivity contribution in [3.63, 3.8) is 0 Å². The number of ether oxygens (including phenoxy) is 2. The highest BCUT2D eigenvalue weighted by Gasteiger charge is 2.09. The molecule has 0 atom stereocenters. The lowest BCUT2D eigenvalue weighted by molar-refractivity contribution is 0.0696. The van der Waals surface area contributed by atoms with Gasteiger partial charge < -0.3 is 14.6 Å². The second-order valence-electron chi connectivity index (χ2n) is 4.45. The van der Waals surface area contributed by atoms with E-state index in [9.17, 15) is 4.79 Å². The van der Waals surface area contributed by atoms with E-state index in [1.54, 1.807) is 18.2 Å². The first kappa shape index (κ1) is 15.4. The van der Waals surface area contributed by atoms with Crippen molar-refractivity contribution in [2.75, 3.05) is 7.11 Å². The number of methoxy groups -OCH3 is 1.